The molecule has 0 amide bonds. The van der Waals surface area contributed by atoms with Crippen molar-refractivity contribution in [2.24, 2.45) is 0 Å². The molecule has 0 fully saturated rings. The van der Waals surface area contributed by atoms with Crippen LogP contribution in [0, 0.1) is 0 Å². The number of benzene rings is 2. The topological polar surface area (TPSA) is 275 Å². The number of nitrogens with one attached hydrogen (secondary N) is 1. The Hall–Kier alpha value is -4.00. The number of allylic oxidation sites excluding steroid dienone is 3. The van der Waals surface area contributed by atoms with Crippen molar-refractivity contribution in [2.75, 3.05) is 56.3 Å². The first kappa shape index (κ1) is 60.1. The summed E-state index contributed by atoms with van der Waals surface area (Å²) < 4.78 is 144. The molecule has 1 aromatic rings. The molecule has 22 heteroatoms. The van der Waals surface area contributed by atoms with E-state index in [1.165, 1.54) is 25.3 Å². The Morgan fingerprint density at radius 3 is 2.07 bits per heavy atom. The minimum absolute atomic E-state index is 0.00178. The van der Waals surface area contributed by atoms with Gasteiger partial charge in [-0.2, -0.15) is 25.3 Å². The third-order valence-electron chi connectivity index (χ3n) is 11.0. The number of hydrogen-bond donors (Lipinski definition) is 5. The van der Waals surface area contributed by atoms with Gasteiger partial charge >= 0.3 is 5.97 Å². The van der Waals surface area contributed by atoms with Crippen LogP contribution in [0.2, 0.25) is 0 Å². The van der Waals surface area contributed by atoms with Gasteiger partial charge in [0.2, 0.25) is 15.4 Å². The van der Waals surface area contributed by atoms with E-state index in [9.17, 15) is 52.1 Å². The van der Waals surface area contributed by atoms with E-state index < -0.39 is 68.7 Å². The van der Waals surface area contributed by atoms with Gasteiger partial charge in [0.25, 0.3) is 30.4 Å². The second-order valence-corrected chi connectivity index (χ2v) is 23.2. The number of rotatable bonds is 23. The van der Waals surface area contributed by atoms with E-state index in [0.29, 0.717) is 59.8 Å². The molecular weight excluding hydrogens is 963 g/mol. The molecule has 0 radical (unpaired) electrons. The van der Waals surface area contributed by atoms with Gasteiger partial charge in [0.05, 0.1) is 29.1 Å². The van der Waals surface area contributed by atoms with E-state index in [1.807, 2.05) is 53.4 Å². The lowest BCUT2D eigenvalue weighted by molar-refractivity contribution is -0.137. The van der Waals surface area contributed by atoms with E-state index >= 15 is 0 Å². The molecule has 1 atom stereocenters. The summed E-state index contributed by atoms with van der Waals surface area (Å²) in [5.74, 6) is -1.37. The van der Waals surface area contributed by atoms with Crippen LogP contribution >= 0.6 is 0 Å². The second kappa shape index (κ2) is 25.7. The maximum atomic E-state index is 13.9. The Morgan fingerprint density at radius 1 is 0.882 bits per heavy atom. The van der Waals surface area contributed by atoms with Crippen LogP contribution in [-0.4, -0.2) is 110 Å². The predicted octanol–water partition coefficient (Wildman–Crippen LogP) is 6.96. The quantitative estimate of drug-likeness (QED) is 0.0365. The molecule has 1 aliphatic carbocycles. The fourth-order valence-electron chi connectivity index (χ4n) is 7.89. The smallest absolute Gasteiger partial charge is 0.303 e. The largest absolute Gasteiger partial charge is 0.481 e. The summed E-state index contributed by atoms with van der Waals surface area (Å²) in [6, 6.07) is 9.05. The molecule has 4 rings (SSSR count). The van der Waals surface area contributed by atoms with Crippen molar-refractivity contribution >= 4 is 58.1 Å². The van der Waals surface area contributed by atoms with Crippen molar-refractivity contribution in [3.63, 3.8) is 0 Å². The van der Waals surface area contributed by atoms with Gasteiger partial charge in [-0.25, -0.2) is 17.7 Å². The van der Waals surface area contributed by atoms with Crippen molar-refractivity contribution in [1.82, 2.24) is 9.30 Å². The van der Waals surface area contributed by atoms with Crippen LogP contribution in [0.15, 0.2) is 68.5 Å². The van der Waals surface area contributed by atoms with Gasteiger partial charge in [-0.3, -0.25) is 18.5 Å². The molecule has 384 valence electrons. The highest BCUT2D eigenvalue weighted by Crippen LogP contribution is 2.51. The summed E-state index contributed by atoms with van der Waals surface area (Å²) in [7, 11) is -16.0. The van der Waals surface area contributed by atoms with E-state index in [2.05, 4.69) is 4.72 Å². The molecule has 1 unspecified atom stereocenters. The van der Waals surface area contributed by atoms with Gasteiger partial charge < -0.3 is 19.2 Å². The maximum absolute atomic E-state index is 13.9. The molecule has 0 spiro atoms. The highest BCUT2D eigenvalue weighted by Gasteiger charge is 2.44. The van der Waals surface area contributed by atoms with Crippen molar-refractivity contribution in [1.29, 1.82) is 0 Å². The Bertz CT molecular complexity index is 2740. The van der Waals surface area contributed by atoms with Gasteiger partial charge in [0, 0.05) is 55.4 Å². The first-order valence-electron chi connectivity index (χ1n) is 22.7. The first-order chi connectivity index (χ1) is 31.6. The monoisotopic (exact) mass is 1030 g/mol. The predicted molar refractivity (Wildman–Crippen MR) is 265 cm³/mol. The van der Waals surface area contributed by atoms with Crippen molar-refractivity contribution in [3.8, 4) is 11.3 Å². The number of anilines is 1. The zero-order chi connectivity index (χ0) is 51.9. The van der Waals surface area contributed by atoms with Gasteiger partial charge in [-0.1, -0.05) is 61.0 Å². The Labute approximate surface area is 403 Å². The summed E-state index contributed by atoms with van der Waals surface area (Å²) >= 11 is 0. The SMILES string of the molecule is CC.CC.CC[N+](CCCS(=O)(=O)O)=c1cc2oc(/C=C/C=C3/N(CCCCCC(=O)O)c4ccc(S(=O)(=O)O)cc4C3(C)CCCS(=O)(=O)O)cc(C(C)(C)C)c-2cc1S(=O)(=O)NCCOC. The maximum Gasteiger partial charge on any atom is 0.303 e. The van der Waals surface area contributed by atoms with E-state index in [4.69, 9.17) is 14.3 Å². The number of aliphatic carboxylic acids is 1. The van der Waals surface area contributed by atoms with Crippen LogP contribution in [0.25, 0.3) is 17.4 Å². The number of carboxylic acids is 1. The average Bonchev–Trinajstić information content (AvgIpc) is 3.47. The Kier molecular flexibility index (Phi) is 22.8. The number of unbranched alkanes of at least 4 members (excludes halogenated alkanes) is 2. The highest BCUT2D eigenvalue weighted by atomic mass is 32.2. The summed E-state index contributed by atoms with van der Waals surface area (Å²) in [6.07, 6.45) is 6.76. The molecule has 68 heavy (non-hydrogen) atoms. The molecule has 0 bridgehead atoms. The van der Waals surface area contributed by atoms with E-state index in [-0.39, 0.29) is 67.1 Å². The van der Waals surface area contributed by atoms with Crippen molar-refractivity contribution < 1.29 is 66.4 Å². The number of ether oxygens (including phenoxy) is 1. The van der Waals surface area contributed by atoms with E-state index in [0.717, 1.165) is 5.56 Å². The summed E-state index contributed by atoms with van der Waals surface area (Å²) in [5.41, 5.74) is 1.30. The number of carbonyl (C=O) groups is 1. The number of nitrogens with zero attached hydrogens (tertiary/aromatic N) is 2. The van der Waals surface area contributed by atoms with Gasteiger partial charge in [-0.15, -0.1) is 0 Å². The molecule has 0 saturated heterocycles. The molecule has 1 aromatic carbocycles. The minimum atomic E-state index is -4.65. The third kappa shape index (κ3) is 17.1. The molecule has 18 nitrogen and oxygen atoms in total. The van der Waals surface area contributed by atoms with Crippen LogP contribution < -0.4 is 19.6 Å². The van der Waals surface area contributed by atoms with E-state index in [1.54, 1.807) is 54.9 Å². The van der Waals surface area contributed by atoms with Gasteiger partial charge in [0.15, 0.2) is 4.90 Å². The molecule has 2 aliphatic heterocycles. The van der Waals surface area contributed by atoms with Crippen LogP contribution in [0.4, 0.5) is 5.69 Å². The Morgan fingerprint density at radius 2 is 1.51 bits per heavy atom. The summed E-state index contributed by atoms with van der Waals surface area (Å²) in [5, 5.41) is 9.40. The summed E-state index contributed by atoms with van der Waals surface area (Å²) in [6.45, 7) is 18.2. The molecule has 2 heterocycles. The number of carboxylic acid groups (broad SMARTS) is 1. The molecule has 0 saturated carbocycles. The average molecular weight is 1040 g/mol. The minimum Gasteiger partial charge on any atom is -0.481 e. The number of hydrogen-bond acceptors (Lipinski definition) is 12. The number of methoxy groups -OCH3 is 1. The Balaban J connectivity index is 0.00000386. The fourth-order valence-corrected chi connectivity index (χ4v) is 10.6. The molecule has 0 aromatic heterocycles. The summed E-state index contributed by atoms with van der Waals surface area (Å²) in [4.78, 5) is 12.7. The van der Waals surface area contributed by atoms with Crippen LogP contribution in [0.3, 0.4) is 0 Å². The van der Waals surface area contributed by atoms with Crippen LogP contribution in [0.5, 0.6) is 0 Å². The highest BCUT2D eigenvalue weighted by molar-refractivity contribution is 7.89. The van der Waals surface area contributed by atoms with Crippen LogP contribution in [0.1, 0.15) is 124 Å². The normalized spacial score (nSPS) is 16.6. The number of sulfonamides is 1. The third-order valence-corrected chi connectivity index (χ3v) is 14.9. The molecular formula is C46H72N3O15S4+. The lowest BCUT2D eigenvalue weighted by atomic mass is 9.77. The lowest BCUT2D eigenvalue weighted by Crippen LogP contribution is -2.39. The van der Waals surface area contributed by atoms with Crippen molar-refractivity contribution in [3.05, 3.63) is 76.5 Å². The first-order valence-corrected chi connectivity index (χ1v) is 28.8. The van der Waals surface area contributed by atoms with Crippen LogP contribution in [-0.2, 0) is 60.7 Å². The zero-order valence-corrected chi connectivity index (χ0v) is 44.2. The van der Waals surface area contributed by atoms with Crippen molar-refractivity contribution in [2.45, 2.75) is 128 Å². The van der Waals surface area contributed by atoms with Gasteiger partial charge in [0.1, 0.15) is 24.6 Å². The zero-order valence-electron chi connectivity index (χ0n) is 40.9. The standard InChI is InChI=1S/C42H59N3O15S4.2C2H6/c1-7-44(21-13-25-62(51,52)53)36-29-37-32(28-38(36)63(54,55)43-20-23-59-6)33(41(2,3)4)26-30(60-37)14-11-15-39-42(5,19-12-24-61(48,49)50)34-27-31(64(56,57)58)17-18-35(34)45(39)22-10-8-9-16-40(46)47;2*1-2/h11,14-15,17-18,26-29,43H,7-10,12-13,16,19-25H2,1-6H3,(H3-,46,47,48,49,50,51,52,53,56,57,58);2*1-2H3/p+1. The lowest BCUT2D eigenvalue weighted by Gasteiger charge is -2.30. The fraction of sp³-hybridized carbons (Fsp3) is 0.565. The number of fused-ring (bicyclic) bond motifs is 2. The molecule has 3 aliphatic rings. The second-order valence-electron chi connectivity index (χ2n) is 16.9. The van der Waals surface area contributed by atoms with Gasteiger partial charge in [-0.05, 0) is 98.6 Å². The molecule has 5 N–H and O–H groups in total.